The molecule has 0 spiro atoms. The highest BCUT2D eigenvalue weighted by Gasteiger charge is 2.27. The standard InChI is InChI=1S/C26H23BrCl2N4O/c27-18-7-10-20(11-8-18)33-24-6-2-1-5-23(24)31-25(33)16-32-13-3-4-17(15-32)26(34)30-19-9-12-21(28)22(29)14-19/h1-2,5-12,14,17H,3-4,13,15-16H2,(H,30,34)/t17-/m1/s1. The Bertz CT molecular complexity index is 1340. The van der Waals surface area contributed by atoms with E-state index in [4.69, 9.17) is 28.2 Å². The second-order valence-electron chi connectivity index (χ2n) is 8.52. The number of anilines is 1. The zero-order valence-electron chi connectivity index (χ0n) is 18.3. The van der Waals surface area contributed by atoms with Crippen LogP contribution in [-0.2, 0) is 11.3 Å². The SMILES string of the molecule is O=C(Nc1ccc(Cl)c(Cl)c1)[C@@H]1CCCN(Cc2nc3ccccc3n2-c2ccc(Br)cc2)C1. The van der Waals surface area contributed by atoms with Crippen molar-refractivity contribution >= 4 is 61.8 Å². The number of likely N-dealkylation sites (tertiary alicyclic amines) is 1. The first-order chi connectivity index (χ1) is 16.5. The van der Waals surface area contributed by atoms with Crippen LogP contribution in [0.2, 0.25) is 10.0 Å². The number of rotatable bonds is 5. The summed E-state index contributed by atoms with van der Waals surface area (Å²) < 4.78 is 3.25. The quantitative estimate of drug-likeness (QED) is 0.289. The number of carbonyl (C=O) groups excluding carboxylic acids is 1. The molecule has 5 rings (SSSR count). The number of hydrogen-bond donors (Lipinski definition) is 1. The number of aromatic nitrogens is 2. The molecule has 3 aromatic carbocycles. The third-order valence-electron chi connectivity index (χ3n) is 6.14. The Morgan fingerprint density at radius 3 is 2.65 bits per heavy atom. The average Bonchev–Trinajstić information content (AvgIpc) is 3.20. The summed E-state index contributed by atoms with van der Waals surface area (Å²) in [6.07, 6.45) is 1.81. The van der Waals surface area contributed by atoms with Crippen molar-refractivity contribution in [2.24, 2.45) is 5.92 Å². The smallest absolute Gasteiger partial charge is 0.228 e. The lowest BCUT2D eigenvalue weighted by Gasteiger charge is -2.31. The number of amides is 1. The van der Waals surface area contributed by atoms with E-state index in [1.807, 2.05) is 30.3 Å². The molecule has 5 nitrogen and oxygen atoms in total. The normalized spacial score (nSPS) is 16.6. The first-order valence-corrected chi connectivity index (χ1v) is 12.7. The summed E-state index contributed by atoms with van der Waals surface area (Å²) in [7, 11) is 0. The first-order valence-electron chi connectivity index (χ1n) is 11.2. The number of para-hydroxylation sites is 2. The number of nitrogens with one attached hydrogen (secondary N) is 1. The largest absolute Gasteiger partial charge is 0.326 e. The van der Waals surface area contributed by atoms with Gasteiger partial charge in [-0.2, -0.15) is 0 Å². The molecule has 2 heterocycles. The molecule has 1 saturated heterocycles. The van der Waals surface area contributed by atoms with Crippen LogP contribution in [0.1, 0.15) is 18.7 Å². The Hall–Kier alpha value is -2.38. The fraction of sp³-hybridized carbons (Fsp3) is 0.231. The summed E-state index contributed by atoms with van der Waals surface area (Å²) in [6, 6.07) is 21.6. The lowest BCUT2D eigenvalue weighted by Crippen LogP contribution is -2.40. The van der Waals surface area contributed by atoms with Gasteiger partial charge in [0.2, 0.25) is 5.91 Å². The molecule has 0 aliphatic carbocycles. The van der Waals surface area contributed by atoms with Gasteiger partial charge in [-0.15, -0.1) is 0 Å². The summed E-state index contributed by atoms with van der Waals surface area (Å²) in [5, 5.41) is 3.89. The zero-order chi connectivity index (χ0) is 23.7. The van der Waals surface area contributed by atoms with Crippen molar-refractivity contribution in [3.8, 4) is 5.69 Å². The van der Waals surface area contributed by atoms with Crippen LogP contribution in [0.4, 0.5) is 5.69 Å². The van der Waals surface area contributed by atoms with Crippen molar-refractivity contribution in [3.05, 3.63) is 87.1 Å². The maximum absolute atomic E-state index is 13.0. The molecule has 1 aliphatic rings. The maximum atomic E-state index is 13.0. The summed E-state index contributed by atoms with van der Waals surface area (Å²) in [6.45, 7) is 2.28. The van der Waals surface area contributed by atoms with Gasteiger partial charge in [-0.25, -0.2) is 4.98 Å². The van der Waals surface area contributed by atoms with Gasteiger partial charge in [-0.05, 0) is 74.0 Å². The van der Waals surface area contributed by atoms with E-state index in [1.165, 1.54) is 0 Å². The summed E-state index contributed by atoms with van der Waals surface area (Å²) in [5.74, 6) is 0.868. The van der Waals surface area contributed by atoms with E-state index in [0.29, 0.717) is 28.8 Å². The van der Waals surface area contributed by atoms with Crippen LogP contribution in [0, 0.1) is 5.92 Å². The van der Waals surface area contributed by atoms with Crippen LogP contribution in [0.15, 0.2) is 71.2 Å². The lowest BCUT2D eigenvalue weighted by atomic mass is 9.97. The lowest BCUT2D eigenvalue weighted by molar-refractivity contribution is -0.121. The van der Waals surface area contributed by atoms with Crippen molar-refractivity contribution in [2.45, 2.75) is 19.4 Å². The van der Waals surface area contributed by atoms with E-state index < -0.39 is 0 Å². The average molecular weight is 558 g/mol. The zero-order valence-corrected chi connectivity index (χ0v) is 21.4. The predicted octanol–water partition coefficient (Wildman–Crippen LogP) is 6.95. The van der Waals surface area contributed by atoms with Gasteiger partial charge in [0, 0.05) is 22.4 Å². The van der Waals surface area contributed by atoms with Crippen LogP contribution < -0.4 is 5.32 Å². The third kappa shape index (κ3) is 5.01. The Kier molecular flexibility index (Phi) is 6.93. The maximum Gasteiger partial charge on any atom is 0.228 e. The highest BCUT2D eigenvalue weighted by molar-refractivity contribution is 9.10. The van der Waals surface area contributed by atoms with E-state index in [1.54, 1.807) is 18.2 Å². The van der Waals surface area contributed by atoms with Gasteiger partial charge in [0.25, 0.3) is 0 Å². The third-order valence-corrected chi connectivity index (χ3v) is 7.41. The first kappa shape index (κ1) is 23.4. The van der Waals surface area contributed by atoms with Crippen LogP contribution in [0.3, 0.4) is 0 Å². The van der Waals surface area contributed by atoms with Gasteiger partial charge >= 0.3 is 0 Å². The van der Waals surface area contributed by atoms with Gasteiger partial charge in [0.05, 0.1) is 33.5 Å². The molecular formula is C26H23BrCl2N4O. The number of imidazole rings is 1. The molecule has 8 heteroatoms. The number of carbonyl (C=O) groups is 1. The number of fused-ring (bicyclic) bond motifs is 1. The van der Waals surface area contributed by atoms with Crippen molar-refractivity contribution < 1.29 is 4.79 Å². The molecule has 0 unspecified atom stereocenters. The van der Waals surface area contributed by atoms with E-state index in [-0.39, 0.29) is 11.8 Å². The van der Waals surface area contributed by atoms with Gasteiger partial charge in [0.1, 0.15) is 5.82 Å². The summed E-state index contributed by atoms with van der Waals surface area (Å²) in [4.78, 5) is 20.2. The number of hydrogen-bond acceptors (Lipinski definition) is 3. The second kappa shape index (κ2) is 10.1. The molecule has 1 atom stereocenters. The van der Waals surface area contributed by atoms with Crippen molar-refractivity contribution in [3.63, 3.8) is 0 Å². The van der Waals surface area contributed by atoms with Gasteiger partial charge in [-0.3, -0.25) is 14.3 Å². The highest BCUT2D eigenvalue weighted by Crippen LogP contribution is 2.28. The van der Waals surface area contributed by atoms with Crippen LogP contribution in [-0.4, -0.2) is 33.4 Å². The molecule has 4 aromatic rings. The molecule has 1 aliphatic heterocycles. The monoisotopic (exact) mass is 556 g/mol. The number of piperidine rings is 1. The molecule has 0 radical (unpaired) electrons. The number of halogens is 3. The fourth-order valence-corrected chi connectivity index (χ4v) is 5.05. The van der Waals surface area contributed by atoms with Gasteiger partial charge in [0.15, 0.2) is 0 Å². The summed E-state index contributed by atoms with van der Waals surface area (Å²) in [5.41, 5.74) is 3.77. The van der Waals surface area contributed by atoms with E-state index in [9.17, 15) is 4.79 Å². The van der Waals surface area contributed by atoms with E-state index >= 15 is 0 Å². The molecule has 174 valence electrons. The molecule has 1 fully saturated rings. The predicted molar refractivity (Wildman–Crippen MR) is 142 cm³/mol. The van der Waals surface area contributed by atoms with Crippen molar-refractivity contribution in [2.75, 3.05) is 18.4 Å². The molecule has 1 amide bonds. The molecule has 34 heavy (non-hydrogen) atoms. The molecule has 1 N–H and O–H groups in total. The molecule has 0 bridgehead atoms. The number of nitrogens with zero attached hydrogens (tertiary/aromatic N) is 3. The fourth-order valence-electron chi connectivity index (χ4n) is 4.49. The Labute approximate surface area is 216 Å². The second-order valence-corrected chi connectivity index (χ2v) is 10.3. The Morgan fingerprint density at radius 2 is 1.85 bits per heavy atom. The summed E-state index contributed by atoms with van der Waals surface area (Å²) >= 11 is 15.6. The number of benzene rings is 3. The van der Waals surface area contributed by atoms with E-state index in [2.05, 4.69) is 48.9 Å². The van der Waals surface area contributed by atoms with Crippen LogP contribution >= 0.6 is 39.1 Å². The molecule has 0 saturated carbocycles. The Balaban J connectivity index is 1.35. The topological polar surface area (TPSA) is 50.2 Å². The highest BCUT2D eigenvalue weighted by atomic mass is 79.9. The van der Waals surface area contributed by atoms with Crippen molar-refractivity contribution in [1.29, 1.82) is 0 Å². The van der Waals surface area contributed by atoms with Crippen molar-refractivity contribution in [1.82, 2.24) is 14.5 Å². The van der Waals surface area contributed by atoms with Gasteiger partial charge < -0.3 is 5.32 Å². The minimum atomic E-state index is -0.103. The van der Waals surface area contributed by atoms with E-state index in [0.717, 1.165) is 46.4 Å². The van der Waals surface area contributed by atoms with Crippen LogP contribution in [0.25, 0.3) is 16.7 Å². The van der Waals surface area contributed by atoms with Gasteiger partial charge in [-0.1, -0.05) is 51.3 Å². The minimum Gasteiger partial charge on any atom is -0.326 e. The molecular weight excluding hydrogens is 535 g/mol. The molecule has 1 aromatic heterocycles. The Morgan fingerprint density at radius 1 is 1.06 bits per heavy atom. The van der Waals surface area contributed by atoms with Crippen LogP contribution in [0.5, 0.6) is 0 Å². The minimum absolute atomic E-state index is 0.00417.